The number of sulfone groups is 1. The van der Waals surface area contributed by atoms with Gasteiger partial charge in [-0.15, -0.1) is 0 Å². The Morgan fingerprint density at radius 2 is 1.86 bits per heavy atom. The molecular formula is C14H21NO5S2. The van der Waals surface area contributed by atoms with Gasteiger partial charge >= 0.3 is 0 Å². The summed E-state index contributed by atoms with van der Waals surface area (Å²) >= 11 is 0. The average Bonchev–Trinajstić information content (AvgIpc) is 2.74. The highest BCUT2D eigenvalue weighted by atomic mass is 32.2. The molecule has 0 spiro atoms. The van der Waals surface area contributed by atoms with E-state index in [4.69, 9.17) is 4.74 Å². The summed E-state index contributed by atoms with van der Waals surface area (Å²) in [6, 6.07) is 6.14. The molecule has 1 fully saturated rings. The maximum Gasteiger partial charge on any atom is 0.243 e. The van der Waals surface area contributed by atoms with Crippen molar-refractivity contribution >= 4 is 19.9 Å². The van der Waals surface area contributed by atoms with Gasteiger partial charge in [0.05, 0.1) is 23.0 Å². The van der Waals surface area contributed by atoms with Crippen LogP contribution in [-0.2, 0) is 19.9 Å². The topological polar surface area (TPSA) is 80.8 Å². The van der Waals surface area contributed by atoms with Crippen LogP contribution in [0.25, 0.3) is 0 Å². The highest BCUT2D eigenvalue weighted by Crippen LogP contribution is 2.32. The summed E-state index contributed by atoms with van der Waals surface area (Å²) in [7, 11) is -5.49. The molecule has 0 aliphatic carbocycles. The Hall–Kier alpha value is -1.12. The minimum Gasteiger partial charge on any atom is -0.494 e. The van der Waals surface area contributed by atoms with Crippen LogP contribution in [0.3, 0.4) is 0 Å². The number of nitrogens with zero attached hydrogens (tertiary/aromatic N) is 1. The monoisotopic (exact) mass is 347 g/mol. The van der Waals surface area contributed by atoms with Crippen molar-refractivity contribution in [2.24, 2.45) is 0 Å². The number of rotatable bonds is 5. The first-order valence-electron chi connectivity index (χ1n) is 7.03. The first-order chi connectivity index (χ1) is 10.1. The third-order valence-corrected chi connectivity index (χ3v) is 7.95. The molecule has 8 heteroatoms. The van der Waals surface area contributed by atoms with Gasteiger partial charge in [0, 0.05) is 12.6 Å². The molecular weight excluding hydrogens is 326 g/mol. The van der Waals surface area contributed by atoms with Crippen LogP contribution in [0.5, 0.6) is 5.75 Å². The number of ether oxygens (including phenoxy) is 1. The van der Waals surface area contributed by atoms with Gasteiger partial charge in [0.25, 0.3) is 0 Å². The molecule has 1 saturated heterocycles. The lowest BCUT2D eigenvalue weighted by molar-refractivity contribution is 0.272. The summed E-state index contributed by atoms with van der Waals surface area (Å²) < 4.78 is 55.2. The summed E-state index contributed by atoms with van der Waals surface area (Å²) in [5.74, 6) is 0.470. The minimum atomic E-state index is -3.75. The second-order valence-corrected chi connectivity index (χ2v) is 9.87. The van der Waals surface area contributed by atoms with Crippen molar-refractivity contribution in [3.8, 4) is 5.75 Å². The van der Waals surface area contributed by atoms with E-state index in [1.165, 1.54) is 23.5 Å². The van der Waals surface area contributed by atoms with Gasteiger partial charge in [-0.2, -0.15) is 4.31 Å². The van der Waals surface area contributed by atoms with Crippen LogP contribution in [0, 0.1) is 0 Å². The molecule has 22 heavy (non-hydrogen) atoms. The van der Waals surface area contributed by atoms with Gasteiger partial charge in [-0.3, -0.25) is 0 Å². The van der Waals surface area contributed by atoms with E-state index in [2.05, 4.69) is 0 Å². The van der Waals surface area contributed by atoms with Crippen LogP contribution in [0.2, 0.25) is 0 Å². The van der Waals surface area contributed by atoms with Crippen LogP contribution < -0.4 is 4.74 Å². The van der Waals surface area contributed by atoms with Crippen molar-refractivity contribution in [1.82, 2.24) is 4.31 Å². The highest BCUT2D eigenvalue weighted by Gasteiger charge is 2.46. The average molecular weight is 347 g/mol. The summed E-state index contributed by atoms with van der Waals surface area (Å²) in [5, 5.41) is 0. The Labute approximate surface area is 132 Å². The van der Waals surface area contributed by atoms with Crippen LogP contribution in [0.1, 0.15) is 20.3 Å². The van der Waals surface area contributed by atoms with Crippen molar-refractivity contribution < 1.29 is 21.6 Å². The van der Waals surface area contributed by atoms with Gasteiger partial charge in [0.1, 0.15) is 5.75 Å². The van der Waals surface area contributed by atoms with Crippen molar-refractivity contribution in [3.63, 3.8) is 0 Å². The van der Waals surface area contributed by atoms with Crippen molar-refractivity contribution in [3.05, 3.63) is 24.3 Å². The molecule has 0 aromatic heterocycles. The molecule has 0 unspecified atom stereocenters. The molecule has 1 atom stereocenters. The van der Waals surface area contributed by atoms with Gasteiger partial charge < -0.3 is 4.74 Å². The Bertz CT molecular complexity index is 740. The smallest absolute Gasteiger partial charge is 0.243 e. The van der Waals surface area contributed by atoms with Crippen molar-refractivity contribution in [2.75, 3.05) is 25.2 Å². The normalized spacial score (nSPS) is 24.5. The predicted octanol–water partition coefficient (Wildman–Crippen LogP) is 1.28. The van der Waals surface area contributed by atoms with Crippen molar-refractivity contribution in [1.29, 1.82) is 0 Å². The fourth-order valence-corrected chi connectivity index (χ4v) is 6.36. The molecule has 0 saturated carbocycles. The molecule has 1 aliphatic heterocycles. The third-order valence-electron chi connectivity index (χ3n) is 4.04. The van der Waals surface area contributed by atoms with E-state index in [1.54, 1.807) is 19.1 Å². The number of sulfonamides is 1. The predicted molar refractivity (Wildman–Crippen MR) is 84.2 cm³/mol. The van der Waals surface area contributed by atoms with Crippen LogP contribution >= 0.6 is 0 Å². The molecule has 124 valence electrons. The summed E-state index contributed by atoms with van der Waals surface area (Å²) in [6.07, 6.45) is 0.308. The Balaban J connectivity index is 2.30. The van der Waals surface area contributed by atoms with Gasteiger partial charge in [0.2, 0.25) is 10.0 Å². The van der Waals surface area contributed by atoms with E-state index in [-0.39, 0.29) is 16.4 Å². The minimum absolute atomic E-state index is 0.0205. The first-order valence-corrected chi connectivity index (χ1v) is 10.3. The zero-order chi connectivity index (χ0) is 16.6. The second-order valence-electron chi connectivity index (χ2n) is 5.72. The maximum absolute atomic E-state index is 12.7. The second kappa shape index (κ2) is 5.82. The number of hydrogen-bond acceptors (Lipinski definition) is 5. The SMILES string of the molecule is CCOc1ccc(S(=O)(=O)N(C)[C@@]2(C)CCS(=O)(=O)C2)cc1. The maximum atomic E-state index is 12.7. The molecule has 0 N–H and O–H groups in total. The lowest BCUT2D eigenvalue weighted by atomic mass is 10.0. The fraction of sp³-hybridized carbons (Fsp3) is 0.571. The molecule has 6 nitrogen and oxygen atoms in total. The lowest BCUT2D eigenvalue weighted by Crippen LogP contribution is -2.48. The molecule has 1 aliphatic rings. The van der Waals surface area contributed by atoms with Crippen LogP contribution in [-0.4, -0.2) is 51.8 Å². The molecule has 1 aromatic carbocycles. The van der Waals surface area contributed by atoms with Crippen LogP contribution in [0.15, 0.2) is 29.2 Å². The van der Waals surface area contributed by atoms with E-state index < -0.39 is 25.4 Å². The number of benzene rings is 1. The third kappa shape index (κ3) is 3.28. The zero-order valence-electron chi connectivity index (χ0n) is 12.9. The van der Waals surface area contributed by atoms with Gasteiger partial charge in [-0.1, -0.05) is 0 Å². The van der Waals surface area contributed by atoms with E-state index >= 15 is 0 Å². The summed E-state index contributed by atoms with van der Waals surface area (Å²) in [5.41, 5.74) is -0.906. The Morgan fingerprint density at radius 3 is 2.32 bits per heavy atom. The zero-order valence-corrected chi connectivity index (χ0v) is 14.6. The molecule has 1 heterocycles. The molecule has 2 rings (SSSR count). The highest BCUT2D eigenvalue weighted by molar-refractivity contribution is 7.92. The summed E-state index contributed by atoms with van der Waals surface area (Å²) in [6.45, 7) is 4.02. The Kier molecular flexibility index (Phi) is 4.56. The molecule has 0 bridgehead atoms. The molecule has 0 amide bonds. The van der Waals surface area contributed by atoms with Gasteiger partial charge in [0.15, 0.2) is 9.84 Å². The quantitative estimate of drug-likeness (QED) is 0.801. The molecule has 0 radical (unpaired) electrons. The van der Waals surface area contributed by atoms with E-state index in [0.717, 1.165) is 0 Å². The van der Waals surface area contributed by atoms with E-state index in [1.807, 2.05) is 6.92 Å². The summed E-state index contributed by atoms with van der Waals surface area (Å²) in [4.78, 5) is 0.129. The van der Waals surface area contributed by atoms with Gasteiger partial charge in [-0.05, 0) is 44.5 Å². The number of hydrogen-bond donors (Lipinski definition) is 0. The first kappa shape index (κ1) is 17.2. The fourth-order valence-electron chi connectivity index (χ4n) is 2.56. The Morgan fingerprint density at radius 1 is 1.27 bits per heavy atom. The molecule has 1 aromatic rings. The van der Waals surface area contributed by atoms with Crippen LogP contribution in [0.4, 0.5) is 0 Å². The van der Waals surface area contributed by atoms with Crippen molar-refractivity contribution in [2.45, 2.75) is 30.7 Å². The lowest BCUT2D eigenvalue weighted by Gasteiger charge is -2.33. The standard InChI is InChI=1S/C14H21NO5S2/c1-4-20-12-5-7-13(8-6-12)22(18,19)15(3)14(2)9-10-21(16,17)11-14/h5-8H,4,9-11H2,1-3H3/t14-/m0/s1. The van der Waals surface area contributed by atoms with E-state index in [0.29, 0.717) is 18.8 Å². The van der Waals surface area contributed by atoms with E-state index in [9.17, 15) is 16.8 Å². The van der Waals surface area contributed by atoms with Gasteiger partial charge in [-0.25, -0.2) is 16.8 Å². The largest absolute Gasteiger partial charge is 0.494 e.